The molecule has 0 radical (unpaired) electrons. The van der Waals surface area contributed by atoms with Crippen molar-refractivity contribution in [1.82, 2.24) is 10.6 Å². The van der Waals surface area contributed by atoms with E-state index in [1.807, 2.05) is 6.07 Å². The molecule has 1 unspecified atom stereocenters. The second-order valence-electron chi connectivity index (χ2n) is 3.70. The molecule has 0 aliphatic rings. The number of aryl methyl sites for hydroxylation is 1. The van der Waals surface area contributed by atoms with Crippen LogP contribution in [0.2, 0.25) is 4.34 Å². The molecule has 0 aliphatic heterocycles. The fourth-order valence-electron chi connectivity index (χ4n) is 1.30. The van der Waals surface area contributed by atoms with Crippen molar-refractivity contribution in [2.24, 2.45) is 0 Å². The predicted molar refractivity (Wildman–Crippen MR) is 69.2 cm³/mol. The van der Waals surface area contributed by atoms with Gasteiger partial charge < -0.3 is 10.6 Å². The van der Waals surface area contributed by atoms with Gasteiger partial charge in [0.25, 0.3) is 0 Å². The number of rotatable bonds is 6. The Hall–Kier alpha value is -0.580. The number of nitrogens with one attached hydrogen (secondary N) is 2. The molecule has 0 saturated carbocycles. The quantitative estimate of drug-likeness (QED) is 0.822. The molecule has 0 fully saturated rings. The molecule has 1 atom stereocenters. The van der Waals surface area contributed by atoms with Gasteiger partial charge in [-0.3, -0.25) is 4.79 Å². The summed E-state index contributed by atoms with van der Waals surface area (Å²) in [7, 11) is 1.64. The van der Waals surface area contributed by atoms with E-state index in [2.05, 4.69) is 23.6 Å². The lowest BCUT2D eigenvalue weighted by molar-refractivity contribution is -0.119. The van der Waals surface area contributed by atoms with Gasteiger partial charge in [0, 0.05) is 18.0 Å². The average Bonchev–Trinajstić information content (AvgIpc) is 2.69. The largest absolute Gasteiger partial charge is 0.358 e. The zero-order valence-corrected chi connectivity index (χ0v) is 11.1. The number of thiophene rings is 1. The predicted octanol–water partition coefficient (Wildman–Crippen LogP) is 2.06. The van der Waals surface area contributed by atoms with Crippen LogP contribution in [0.4, 0.5) is 0 Å². The summed E-state index contributed by atoms with van der Waals surface area (Å²) in [6, 6.07) is 4.31. The Labute approximate surface area is 105 Å². The first-order chi connectivity index (χ1) is 7.61. The maximum absolute atomic E-state index is 11.0. The van der Waals surface area contributed by atoms with E-state index in [9.17, 15) is 4.79 Å². The number of likely N-dealkylation sites (N-methyl/N-ethyl adjacent to an activating group) is 1. The van der Waals surface area contributed by atoms with Gasteiger partial charge in [0.15, 0.2) is 0 Å². The van der Waals surface area contributed by atoms with E-state index in [0.717, 1.165) is 17.2 Å². The molecule has 0 aromatic carbocycles. The third-order valence-electron chi connectivity index (χ3n) is 2.34. The zero-order chi connectivity index (χ0) is 12.0. The molecule has 1 aromatic heterocycles. The maximum Gasteiger partial charge on any atom is 0.233 e. The molecular weight excluding hydrogens is 244 g/mol. The standard InChI is InChI=1S/C11H17ClN2OS/c1-8(14-7-11(15)13-2)3-4-9-5-6-10(12)16-9/h5-6,8,14H,3-4,7H2,1-2H3,(H,13,15). The van der Waals surface area contributed by atoms with Crippen molar-refractivity contribution in [1.29, 1.82) is 0 Å². The lowest BCUT2D eigenvalue weighted by Gasteiger charge is -2.12. The van der Waals surface area contributed by atoms with Gasteiger partial charge in [-0.05, 0) is 31.9 Å². The Morgan fingerprint density at radius 1 is 1.56 bits per heavy atom. The Morgan fingerprint density at radius 3 is 2.88 bits per heavy atom. The lowest BCUT2D eigenvalue weighted by atomic mass is 10.1. The lowest BCUT2D eigenvalue weighted by Crippen LogP contribution is -2.36. The molecule has 16 heavy (non-hydrogen) atoms. The third-order valence-corrected chi connectivity index (χ3v) is 3.63. The minimum absolute atomic E-state index is 0.0195. The molecule has 2 N–H and O–H groups in total. The van der Waals surface area contributed by atoms with Gasteiger partial charge in [-0.1, -0.05) is 11.6 Å². The molecule has 0 spiro atoms. The van der Waals surface area contributed by atoms with Crippen molar-refractivity contribution < 1.29 is 4.79 Å². The van der Waals surface area contributed by atoms with Crippen LogP contribution in [0.3, 0.4) is 0 Å². The third kappa shape index (κ3) is 4.96. The topological polar surface area (TPSA) is 41.1 Å². The average molecular weight is 261 g/mol. The number of amides is 1. The molecule has 5 heteroatoms. The van der Waals surface area contributed by atoms with Gasteiger partial charge in [0.05, 0.1) is 10.9 Å². The molecule has 0 bridgehead atoms. The number of carbonyl (C=O) groups is 1. The summed E-state index contributed by atoms with van der Waals surface area (Å²) in [4.78, 5) is 12.3. The van der Waals surface area contributed by atoms with E-state index in [1.165, 1.54) is 4.88 Å². The maximum atomic E-state index is 11.0. The number of halogens is 1. The summed E-state index contributed by atoms with van der Waals surface area (Å²) in [5.74, 6) is 0.0195. The molecule has 1 rings (SSSR count). The van der Waals surface area contributed by atoms with Gasteiger partial charge in [-0.25, -0.2) is 0 Å². The normalized spacial score (nSPS) is 12.4. The van der Waals surface area contributed by atoms with Crippen LogP contribution in [0.25, 0.3) is 0 Å². The Morgan fingerprint density at radius 2 is 2.31 bits per heavy atom. The summed E-state index contributed by atoms with van der Waals surface area (Å²) < 4.78 is 0.834. The molecule has 3 nitrogen and oxygen atoms in total. The van der Waals surface area contributed by atoms with Crippen LogP contribution in [0.15, 0.2) is 12.1 Å². The van der Waals surface area contributed by atoms with Gasteiger partial charge in [0.2, 0.25) is 5.91 Å². The Kier molecular flexibility index (Phi) is 5.80. The van der Waals surface area contributed by atoms with Crippen LogP contribution in [0.5, 0.6) is 0 Å². The number of hydrogen-bond acceptors (Lipinski definition) is 3. The second-order valence-corrected chi connectivity index (χ2v) is 5.50. The SMILES string of the molecule is CNC(=O)CNC(C)CCc1ccc(Cl)s1. The number of carbonyl (C=O) groups excluding carboxylic acids is 1. The van der Waals surface area contributed by atoms with E-state index in [1.54, 1.807) is 18.4 Å². The molecule has 0 aliphatic carbocycles. The van der Waals surface area contributed by atoms with Crippen molar-refractivity contribution in [2.45, 2.75) is 25.8 Å². The van der Waals surface area contributed by atoms with Crippen LogP contribution in [-0.2, 0) is 11.2 Å². The van der Waals surface area contributed by atoms with Crippen molar-refractivity contribution in [2.75, 3.05) is 13.6 Å². The highest BCUT2D eigenvalue weighted by molar-refractivity contribution is 7.16. The summed E-state index contributed by atoms with van der Waals surface area (Å²) >= 11 is 7.46. The summed E-state index contributed by atoms with van der Waals surface area (Å²) in [5, 5.41) is 5.75. The van der Waals surface area contributed by atoms with Crippen LogP contribution in [0.1, 0.15) is 18.2 Å². The molecule has 0 saturated heterocycles. The molecule has 1 aromatic rings. The first kappa shape index (κ1) is 13.5. The second kappa shape index (κ2) is 6.89. The minimum atomic E-state index is 0.0195. The first-order valence-electron chi connectivity index (χ1n) is 5.30. The van der Waals surface area contributed by atoms with Crippen LogP contribution in [-0.4, -0.2) is 25.5 Å². The van der Waals surface area contributed by atoms with Crippen LogP contribution >= 0.6 is 22.9 Å². The first-order valence-corrected chi connectivity index (χ1v) is 6.49. The monoisotopic (exact) mass is 260 g/mol. The highest BCUT2D eigenvalue weighted by atomic mass is 35.5. The molecule has 90 valence electrons. The van der Waals surface area contributed by atoms with Crippen LogP contribution < -0.4 is 10.6 Å². The fraction of sp³-hybridized carbons (Fsp3) is 0.545. The van der Waals surface area contributed by atoms with Crippen LogP contribution in [0, 0.1) is 0 Å². The van der Waals surface area contributed by atoms with E-state index >= 15 is 0 Å². The highest BCUT2D eigenvalue weighted by Crippen LogP contribution is 2.22. The van der Waals surface area contributed by atoms with E-state index in [4.69, 9.17) is 11.6 Å². The molecular formula is C11H17ClN2OS. The van der Waals surface area contributed by atoms with Crippen molar-refractivity contribution in [3.8, 4) is 0 Å². The van der Waals surface area contributed by atoms with E-state index < -0.39 is 0 Å². The van der Waals surface area contributed by atoms with Gasteiger partial charge in [-0.15, -0.1) is 11.3 Å². The van der Waals surface area contributed by atoms with Gasteiger partial charge >= 0.3 is 0 Å². The minimum Gasteiger partial charge on any atom is -0.358 e. The molecule has 1 heterocycles. The Balaban J connectivity index is 2.19. The van der Waals surface area contributed by atoms with Crippen molar-refractivity contribution in [3.05, 3.63) is 21.3 Å². The van der Waals surface area contributed by atoms with E-state index in [-0.39, 0.29) is 5.91 Å². The fourth-order valence-corrected chi connectivity index (χ4v) is 2.41. The van der Waals surface area contributed by atoms with Gasteiger partial charge in [-0.2, -0.15) is 0 Å². The smallest absolute Gasteiger partial charge is 0.233 e. The highest BCUT2D eigenvalue weighted by Gasteiger charge is 2.05. The van der Waals surface area contributed by atoms with Crippen molar-refractivity contribution >= 4 is 28.8 Å². The van der Waals surface area contributed by atoms with E-state index in [0.29, 0.717) is 12.6 Å². The number of hydrogen-bond donors (Lipinski definition) is 2. The summed E-state index contributed by atoms with van der Waals surface area (Å²) in [6.07, 6.45) is 2.01. The summed E-state index contributed by atoms with van der Waals surface area (Å²) in [6.45, 7) is 2.46. The summed E-state index contributed by atoms with van der Waals surface area (Å²) in [5.41, 5.74) is 0. The van der Waals surface area contributed by atoms with Gasteiger partial charge in [0.1, 0.15) is 0 Å². The zero-order valence-electron chi connectivity index (χ0n) is 9.55. The molecule has 1 amide bonds. The Bertz CT molecular complexity index is 340. The van der Waals surface area contributed by atoms with Crippen molar-refractivity contribution in [3.63, 3.8) is 0 Å².